The van der Waals surface area contributed by atoms with Crippen molar-refractivity contribution >= 4 is 53.3 Å². The van der Waals surface area contributed by atoms with E-state index in [1.807, 2.05) is 89.2 Å². The smallest absolute Gasteiger partial charge is 0.137 e. The van der Waals surface area contributed by atoms with E-state index in [1.165, 1.54) is 31.1 Å². The van der Waals surface area contributed by atoms with E-state index in [9.17, 15) is 0 Å². The molecule has 208 valence electrons. The van der Waals surface area contributed by atoms with E-state index in [0.29, 0.717) is 0 Å². The zero-order chi connectivity index (χ0) is 29.0. The molecular weight excluding hydrogens is 561 g/mol. The maximum Gasteiger partial charge on any atom is 0.137 e. The minimum absolute atomic E-state index is 0.741. The lowest BCUT2D eigenvalue weighted by Gasteiger charge is -2.10. The van der Waals surface area contributed by atoms with E-state index < -0.39 is 0 Å². The summed E-state index contributed by atoms with van der Waals surface area (Å²) in [5, 5.41) is 9.50. The van der Waals surface area contributed by atoms with Crippen LogP contribution in [0.3, 0.4) is 0 Å². The number of pyridine rings is 1. The molecule has 0 N–H and O–H groups in total. The van der Waals surface area contributed by atoms with E-state index in [4.69, 9.17) is 9.72 Å². The van der Waals surface area contributed by atoms with Crippen molar-refractivity contribution in [2.24, 2.45) is 0 Å². The van der Waals surface area contributed by atoms with Gasteiger partial charge in [-0.3, -0.25) is 4.57 Å². The van der Waals surface area contributed by atoms with Gasteiger partial charge in [0.25, 0.3) is 0 Å². The second kappa shape index (κ2) is 9.93. The van der Waals surface area contributed by atoms with E-state index in [1.54, 1.807) is 0 Å². The van der Waals surface area contributed by atoms with Crippen molar-refractivity contribution in [3.63, 3.8) is 0 Å². The summed E-state index contributed by atoms with van der Waals surface area (Å²) in [6.07, 6.45) is 5.78. The molecule has 0 aliphatic carbocycles. The molecule has 6 heteroatoms. The first-order valence-corrected chi connectivity index (χ1v) is 15.3. The van der Waals surface area contributed by atoms with Gasteiger partial charge in [0.15, 0.2) is 0 Å². The lowest BCUT2D eigenvalue weighted by atomic mass is 10.1. The number of fused-ring (bicyclic) bond motifs is 7. The molecule has 5 aromatic carbocycles. The molecular formula is C38H24N4OS. The molecule has 44 heavy (non-hydrogen) atoms. The average Bonchev–Trinajstić information content (AvgIpc) is 3.80. The molecule has 0 saturated carbocycles. The van der Waals surface area contributed by atoms with Gasteiger partial charge in [0.05, 0.1) is 22.9 Å². The van der Waals surface area contributed by atoms with Crippen molar-refractivity contribution in [3.05, 3.63) is 146 Å². The van der Waals surface area contributed by atoms with Gasteiger partial charge >= 0.3 is 0 Å². The lowest BCUT2D eigenvalue weighted by molar-refractivity contribution is 0.483. The van der Waals surface area contributed by atoms with Crippen LogP contribution in [-0.4, -0.2) is 19.3 Å². The molecule has 0 saturated heterocycles. The van der Waals surface area contributed by atoms with Gasteiger partial charge in [0, 0.05) is 61.0 Å². The predicted molar refractivity (Wildman–Crippen MR) is 181 cm³/mol. The Morgan fingerprint density at radius 3 is 2.36 bits per heavy atom. The van der Waals surface area contributed by atoms with Gasteiger partial charge in [0.2, 0.25) is 0 Å². The Morgan fingerprint density at radius 1 is 0.614 bits per heavy atom. The van der Waals surface area contributed by atoms with Crippen LogP contribution in [0.4, 0.5) is 0 Å². The Kier molecular flexibility index (Phi) is 5.61. The Balaban J connectivity index is 1.17. The quantitative estimate of drug-likeness (QED) is 0.202. The fourth-order valence-corrected chi connectivity index (χ4v) is 7.26. The molecule has 9 rings (SSSR count). The van der Waals surface area contributed by atoms with Crippen LogP contribution >= 0.6 is 11.3 Å². The summed E-state index contributed by atoms with van der Waals surface area (Å²) in [7, 11) is 0. The monoisotopic (exact) mass is 584 g/mol. The Hall–Kier alpha value is -5.72. The number of benzene rings is 5. The fourth-order valence-electron chi connectivity index (χ4n) is 6.15. The van der Waals surface area contributed by atoms with Gasteiger partial charge < -0.3 is 4.74 Å². The van der Waals surface area contributed by atoms with E-state index >= 15 is 0 Å². The van der Waals surface area contributed by atoms with Crippen LogP contribution in [0.2, 0.25) is 0 Å². The standard InChI is InChI=1S/C38H24N4OS/c1-2-9-25(10-3-1)26-23-40-41(24-26)27-11-8-12-28(21-27)43-29-16-17-30-31-18-19-35-37(32-13-4-5-14-34(32)44-35)38(31)42(33(30)22-29)36-15-6-7-20-39-36/h1-24H. The third-order valence-corrected chi connectivity index (χ3v) is 9.26. The van der Waals surface area contributed by atoms with Crippen LogP contribution in [0.15, 0.2) is 146 Å². The van der Waals surface area contributed by atoms with Crippen LogP contribution in [0.5, 0.6) is 11.5 Å². The Morgan fingerprint density at radius 2 is 1.45 bits per heavy atom. The summed E-state index contributed by atoms with van der Waals surface area (Å²) < 4.78 is 13.2. The summed E-state index contributed by atoms with van der Waals surface area (Å²) in [6.45, 7) is 0. The molecule has 0 spiro atoms. The summed E-state index contributed by atoms with van der Waals surface area (Å²) >= 11 is 1.83. The van der Waals surface area contributed by atoms with E-state index in [0.717, 1.165) is 45.0 Å². The molecule has 0 atom stereocenters. The summed E-state index contributed by atoms with van der Waals surface area (Å²) in [6, 6.07) is 43.8. The van der Waals surface area contributed by atoms with E-state index in [-0.39, 0.29) is 0 Å². The third kappa shape index (κ3) is 4.00. The minimum Gasteiger partial charge on any atom is -0.457 e. The summed E-state index contributed by atoms with van der Waals surface area (Å²) in [5.74, 6) is 2.37. The molecule has 0 aliphatic heterocycles. The van der Waals surface area contributed by atoms with Gasteiger partial charge in [-0.15, -0.1) is 11.3 Å². The number of hydrogen-bond donors (Lipinski definition) is 0. The normalized spacial score (nSPS) is 11.6. The maximum absolute atomic E-state index is 6.50. The van der Waals surface area contributed by atoms with Crippen molar-refractivity contribution in [1.82, 2.24) is 19.3 Å². The number of thiophene rings is 1. The highest BCUT2D eigenvalue weighted by Gasteiger charge is 2.19. The number of hydrogen-bond acceptors (Lipinski definition) is 4. The maximum atomic E-state index is 6.50. The highest BCUT2D eigenvalue weighted by atomic mass is 32.1. The zero-order valence-corrected chi connectivity index (χ0v) is 24.3. The van der Waals surface area contributed by atoms with Crippen LogP contribution in [0.1, 0.15) is 0 Å². The number of rotatable bonds is 5. The number of ether oxygens (including phenoxy) is 1. The second-order valence-corrected chi connectivity index (χ2v) is 11.9. The molecule has 0 bridgehead atoms. The molecule has 0 fully saturated rings. The molecule has 4 heterocycles. The van der Waals surface area contributed by atoms with Crippen molar-refractivity contribution in [2.45, 2.75) is 0 Å². The lowest BCUT2D eigenvalue weighted by Crippen LogP contribution is -1.97. The average molecular weight is 585 g/mol. The van der Waals surface area contributed by atoms with Crippen LogP contribution in [-0.2, 0) is 0 Å². The predicted octanol–water partition coefficient (Wildman–Crippen LogP) is 10.2. The van der Waals surface area contributed by atoms with Gasteiger partial charge in [-0.2, -0.15) is 5.10 Å². The van der Waals surface area contributed by atoms with Gasteiger partial charge in [-0.1, -0.05) is 66.7 Å². The minimum atomic E-state index is 0.741. The first-order valence-electron chi connectivity index (χ1n) is 14.5. The van der Waals surface area contributed by atoms with Gasteiger partial charge in [-0.25, -0.2) is 9.67 Å². The first-order chi connectivity index (χ1) is 21.8. The second-order valence-electron chi connectivity index (χ2n) is 10.8. The molecule has 5 nitrogen and oxygen atoms in total. The number of aromatic nitrogens is 4. The molecule has 0 aliphatic rings. The molecule has 4 aromatic heterocycles. The zero-order valence-electron chi connectivity index (χ0n) is 23.5. The topological polar surface area (TPSA) is 44.9 Å². The van der Waals surface area contributed by atoms with Crippen molar-refractivity contribution in [1.29, 1.82) is 0 Å². The van der Waals surface area contributed by atoms with E-state index in [2.05, 4.69) is 82.5 Å². The molecule has 0 amide bonds. The Labute approximate surface area is 256 Å². The first kappa shape index (κ1) is 24.8. The summed E-state index contributed by atoms with van der Waals surface area (Å²) in [5.41, 5.74) is 5.35. The molecule has 0 unspecified atom stereocenters. The van der Waals surface area contributed by atoms with Crippen LogP contribution < -0.4 is 4.74 Å². The fraction of sp³-hybridized carbons (Fsp3) is 0. The van der Waals surface area contributed by atoms with Crippen LogP contribution in [0.25, 0.3) is 64.6 Å². The molecule has 9 aromatic rings. The van der Waals surface area contributed by atoms with Crippen molar-refractivity contribution < 1.29 is 4.74 Å². The highest BCUT2D eigenvalue weighted by molar-refractivity contribution is 7.26. The Bertz CT molecular complexity index is 2470. The molecule has 0 radical (unpaired) electrons. The third-order valence-electron chi connectivity index (χ3n) is 8.13. The van der Waals surface area contributed by atoms with Gasteiger partial charge in [-0.05, 0) is 54.1 Å². The van der Waals surface area contributed by atoms with Crippen molar-refractivity contribution in [2.75, 3.05) is 0 Å². The van der Waals surface area contributed by atoms with Crippen LogP contribution in [0, 0.1) is 0 Å². The SMILES string of the molecule is c1ccc(-c2cnn(-c3cccc(Oc4ccc5c6ccc7sc8ccccc8c7c6n(-c6ccccn6)c5c4)c3)c2)cc1. The number of nitrogens with zero attached hydrogens (tertiary/aromatic N) is 4. The highest BCUT2D eigenvalue weighted by Crippen LogP contribution is 2.43. The van der Waals surface area contributed by atoms with Crippen molar-refractivity contribution in [3.8, 4) is 34.1 Å². The largest absolute Gasteiger partial charge is 0.457 e. The summed E-state index contributed by atoms with van der Waals surface area (Å²) in [4.78, 5) is 4.79. The van der Waals surface area contributed by atoms with Gasteiger partial charge in [0.1, 0.15) is 17.3 Å².